The Labute approximate surface area is 43.1 Å². The van der Waals surface area contributed by atoms with E-state index in [2.05, 4.69) is 11.7 Å². The average molecular weight is 96.1 g/mol. The molecule has 0 amide bonds. The minimum Gasteiger partial charge on any atom is -0.306 e. The second-order valence-electron chi connectivity index (χ2n) is 1.18. The summed E-state index contributed by atoms with van der Waals surface area (Å²) in [5, 5.41) is 6.82. The third-order valence-corrected chi connectivity index (χ3v) is 0.430. The van der Waals surface area contributed by atoms with Crippen molar-refractivity contribution in [2.75, 3.05) is 0 Å². The van der Waals surface area contributed by atoms with E-state index >= 15 is 0 Å². The quantitative estimate of drug-likeness (QED) is 0.502. The van der Waals surface area contributed by atoms with Gasteiger partial charge in [-0.05, 0) is 19.7 Å². The Morgan fingerprint density at radius 3 is 2.57 bits per heavy atom. The van der Waals surface area contributed by atoms with E-state index in [1.54, 1.807) is 13.0 Å². The van der Waals surface area contributed by atoms with Gasteiger partial charge in [0.2, 0.25) is 0 Å². The van der Waals surface area contributed by atoms with Crippen molar-refractivity contribution < 1.29 is 0 Å². The van der Waals surface area contributed by atoms with Crippen LogP contribution in [0.1, 0.15) is 6.92 Å². The van der Waals surface area contributed by atoms with Crippen molar-refractivity contribution in [2.45, 2.75) is 6.92 Å². The van der Waals surface area contributed by atoms with Gasteiger partial charge in [0.05, 0.1) is 0 Å². The van der Waals surface area contributed by atoms with Gasteiger partial charge in [0.25, 0.3) is 0 Å². The molecule has 0 aliphatic carbocycles. The molecule has 0 unspecified atom stereocenters. The van der Waals surface area contributed by atoms with Gasteiger partial charge in [-0.15, -0.1) is 0 Å². The normalized spacial score (nSPS) is 9.29. The second kappa shape index (κ2) is 3.28. The first-order valence-electron chi connectivity index (χ1n) is 1.95. The Morgan fingerprint density at radius 1 is 1.86 bits per heavy atom. The van der Waals surface area contributed by atoms with Crippen molar-refractivity contribution in [1.82, 2.24) is 0 Å². The SMILES string of the molecule is C=N/C=C\C(C)=N. The van der Waals surface area contributed by atoms with E-state index in [1.807, 2.05) is 0 Å². The molecule has 2 nitrogen and oxygen atoms in total. The van der Waals surface area contributed by atoms with Gasteiger partial charge >= 0.3 is 0 Å². The molecule has 0 radical (unpaired) electrons. The van der Waals surface area contributed by atoms with Gasteiger partial charge in [-0.25, -0.2) is 0 Å². The first kappa shape index (κ1) is 6.08. The summed E-state index contributed by atoms with van der Waals surface area (Å²) >= 11 is 0. The molecule has 0 heterocycles. The first-order valence-corrected chi connectivity index (χ1v) is 1.95. The summed E-state index contributed by atoms with van der Waals surface area (Å²) in [6, 6.07) is 0. The van der Waals surface area contributed by atoms with Crippen molar-refractivity contribution in [2.24, 2.45) is 4.99 Å². The first-order chi connectivity index (χ1) is 3.27. The predicted molar refractivity (Wildman–Crippen MR) is 32.1 cm³/mol. The summed E-state index contributed by atoms with van der Waals surface area (Å²) in [5.74, 6) is 0. The fourth-order valence-electron chi connectivity index (χ4n) is 0.165. The van der Waals surface area contributed by atoms with Crippen LogP contribution in [0.4, 0.5) is 0 Å². The van der Waals surface area contributed by atoms with Crippen LogP contribution < -0.4 is 0 Å². The number of nitrogens with zero attached hydrogens (tertiary/aromatic N) is 1. The Bertz CT molecular complexity index is 103. The number of aliphatic imine (C=N–C) groups is 1. The molecule has 0 spiro atoms. The maximum Gasteiger partial charge on any atom is 0.0298 e. The van der Waals surface area contributed by atoms with Crippen LogP contribution in [0.5, 0.6) is 0 Å². The van der Waals surface area contributed by atoms with E-state index in [0.29, 0.717) is 5.71 Å². The molecule has 0 saturated heterocycles. The highest BCUT2D eigenvalue weighted by atomic mass is 14.6. The molecule has 7 heavy (non-hydrogen) atoms. The zero-order valence-electron chi connectivity index (χ0n) is 4.31. The van der Waals surface area contributed by atoms with Crippen molar-refractivity contribution in [3.63, 3.8) is 0 Å². The maximum atomic E-state index is 6.82. The zero-order chi connectivity index (χ0) is 5.70. The third-order valence-electron chi connectivity index (χ3n) is 0.430. The molecule has 0 aliphatic rings. The van der Waals surface area contributed by atoms with Gasteiger partial charge in [0.15, 0.2) is 0 Å². The summed E-state index contributed by atoms with van der Waals surface area (Å²) < 4.78 is 0. The van der Waals surface area contributed by atoms with Crippen LogP contribution in [0.2, 0.25) is 0 Å². The van der Waals surface area contributed by atoms with Crippen LogP contribution in [-0.2, 0) is 0 Å². The lowest BCUT2D eigenvalue weighted by atomic mass is 10.4. The molecule has 38 valence electrons. The van der Waals surface area contributed by atoms with Crippen LogP contribution >= 0.6 is 0 Å². The Balaban J connectivity index is 3.46. The second-order valence-corrected chi connectivity index (χ2v) is 1.18. The Morgan fingerprint density at radius 2 is 2.43 bits per heavy atom. The van der Waals surface area contributed by atoms with Gasteiger partial charge in [-0.2, -0.15) is 0 Å². The average Bonchev–Trinajstić information content (AvgIpc) is 1.61. The highest BCUT2D eigenvalue weighted by Gasteiger charge is 1.68. The topological polar surface area (TPSA) is 36.2 Å². The van der Waals surface area contributed by atoms with E-state index in [0.717, 1.165) is 0 Å². The standard InChI is InChI=1S/C5H8N2/c1-5(6)3-4-7-2/h3-4,6H,2H2,1H3/b4-3-,6-5?. The van der Waals surface area contributed by atoms with Crippen LogP contribution in [0, 0.1) is 5.41 Å². The van der Waals surface area contributed by atoms with Gasteiger partial charge in [0, 0.05) is 11.9 Å². The molecule has 0 fully saturated rings. The van der Waals surface area contributed by atoms with Gasteiger partial charge in [-0.3, -0.25) is 4.99 Å². The molecule has 0 bridgehead atoms. The van der Waals surface area contributed by atoms with E-state index in [1.165, 1.54) is 6.20 Å². The molecular weight excluding hydrogens is 88.1 g/mol. The number of nitrogens with one attached hydrogen (secondary N) is 1. The van der Waals surface area contributed by atoms with E-state index < -0.39 is 0 Å². The van der Waals surface area contributed by atoms with Gasteiger partial charge < -0.3 is 5.41 Å². The summed E-state index contributed by atoms with van der Waals surface area (Å²) in [4.78, 5) is 3.40. The zero-order valence-corrected chi connectivity index (χ0v) is 4.31. The smallest absolute Gasteiger partial charge is 0.0298 e. The fraction of sp³-hybridized carbons (Fsp3) is 0.200. The van der Waals surface area contributed by atoms with E-state index in [-0.39, 0.29) is 0 Å². The Hall–Kier alpha value is -0.920. The summed E-state index contributed by atoms with van der Waals surface area (Å²) in [5.41, 5.74) is 0.493. The molecule has 0 aromatic rings. The molecule has 0 saturated carbocycles. The van der Waals surface area contributed by atoms with Crippen molar-refractivity contribution in [1.29, 1.82) is 5.41 Å². The number of allylic oxidation sites excluding steroid dienone is 1. The molecule has 2 heteroatoms. The number of rotatable bonds is 2. The molecule has 0 aliphatic heterocycles. The molecule has 0 rings (SSSR count). The summed E-state index contributed by atoms with van der Waals surface area (Å²) in [7, 11) is 0. The number of hydrogen-bond acceptors (Lipinski definition) is 2. The van der Waals surface area contributed by atoms with Crippen LogP contribution in [0.3, 0.4) is 0 Å². The minimum absolute atomic E-state index is 0.493. The van der Waals surface area contributed by atoms with Crippen molar-refractivity contribution in [3.8, 4) is 0 Å². The highest BCUT2D eigenvalue weighted by Crippen LogP contribution is 1.73. The Kier molecular flexibility index (Phi) is 2.85. The summed E-state index contributed by atoms with van der Waals surface area (Å²) in [6.07, 6.45) is 3.06. The lowest BCUT2D eigenvalue weighted by Crippen LogP contribution is -1.74. The highest BCUT2D eigenvalue weighted by molar-refractivity contribution is 5.89. The predicted octanol–water partition coefficient (Wildman–Crippen LogP) is 1.24. The largest absolute Gasteiger partial charge is 0.306 e. The van der Waals surface area contributed by atoms with Crippen molar-refractivity contribution >= 4 is 12.4 Å². The maximum absolute atomic E-state index is 6.82. The third kappa shape index (κ3) is 5.08. The molecule has 0 atom stereocenters. The lowest BCUT2D eigenvalue weighted by molar-refractivity contribution is 1.48. The van der Waals surface area contributed by atoms with Gasteiger partial charge in [-0.1, -0.05) is 0 Å². The van der Waals surface area contributed by atoms with E-state index in [4.69, 9.17) is 5.41 Å². The molecular formula is C5H8N2. The van der Waals surface area contributed by atoms with Crippen LogP contribution in [0.15, 0.2) is 17.3 Å². The molecule has 0 aromatic carbocycles. The van der Waals surface area contributed by atoms with Crippen LogP contribution in [-0.4, -0.2) is 12.4 Å². The number of hydrogen-bond donors (Lipinski definition) is 1. The van der Waals surface area contributed by atoms with Gasteiger partial charge in [0.1, 0.15) is 0 Å². The fourth-order valence-corrected chi connectivity index (χ4v) is 0.165. The summed E-state index contributed by atoms with van der Waals surface area (Å²) in [6.45, 7) is 4.88. The molecule has 1 N–H and O–H groups in total. The minimum atomic E-state index is 0.493. The van der Waals surface area contributed by atoms with E-state index in [9.17, 15) is 0 Å². The van der Waals surface area contributed by atoms with Crippen molar-refractivity contribution in [3.05, 3.63) is 12.3 Å². The monoisotopic (exact) mass is 96.1 g/mol. The molecule has 0 aromatic heterocycles. The van der Waals surface area contributed by atoms with Crippen LogP contribution in [0.25, 0.3) is 0 Å². The lowest BCUT2D eigenvalue weighted by Gasteiger charge is -1.74.